The predicted octanol–water partition coefficient (Wildman–Crippen LogP) is 3.29. The Morgan fingerprint density at radius 1 is 1.00 bits per heavy atom. The third-order valence-corrected chi connectivity index (χ3v) is 5.71. The summed E-state index contributed by atoms with van der Waals surface area (Å²) in [6.45, 7) is 3.42. The zero-order chi connectivity index (χ0) is 23.9. The van der Waals surface area contributed by atoms with E-state index in [4.69, 9.17) is 9.47 Å². The van der Waals surface area contributed by atoms with Crippen molar-refractivity contribution >= 4 is 10.9 Å². The standard InChI is InChI=1S/C27H30N2O5/c1-2-33-23-6-3-19(4-7-23)17-29-13-11-20(12-14-30)26(29)16-22(31)18-34-24-8-9-25-21(15-24)5-10-27(32)28-25/h3-11,13,15,22,30-31H,2,12,14,16-18H2,1H3,(H,28,32). The summed E-state index contributed by atoms with van der Waals surface area (Å²) in [5.41, 5.74) is 3.71. The van der Waals surface area contributed by atoms with Gasteiger partial charge in [-0.3, -0.25) is 4.79 Å². The fourth-order valence-corrected chi connectivity index (χ4v) is 4.05. The van der Waals surface area contributed by atoms with E-state index < -0.39 is 6.10 Å². The maximum atomic E-state index is 11.4. The summed E-state index contributed by atoms with van der Waals surface area (Å²) in [6.07, 6.45) is 2.20. The molecule has 0 bridgehead atoms. The molecule has 7 nitrogen and oxygen atoms in total. The van der Waals surface area contributed by atoms with Crippen LogP contribution in [-0.4, -0.2) is 45.7 Å². The summed E-state index contributed by atoms with van der Waals surface area (Å²) < 4.78 is 13.5. The Labute approximate surface area is 198 Å². The fourth-order valence-electron chi connectivity index (χ4n) is 4.05. The van der Waals surface area contributed by atoms with Crippen molar-refractivity contribution in [2.24, 2.45) is 0 Å². The van der Waals surface area contributed by atoms with Crippen LogP contribution in [0.1, 0.15) is 23.7 Å². The van der Waals surface area contributed by atoms with Crippen molar-refractivity contribution in [2.75, 3.05) is 19.8 Å². The lowest BCUT2D eigenvalue weighted by molar-refractivity contribution is 0.106. The number of hydrogen-bond donors (Lipinski definition) is 3. The minimum Gasteiger partial charge on any atom is -0.494 e. The van der Waals surface area contributed by atoms with Gasteiger partial charge in [0.25, 0.3) is 0 Å². The molecule has 0 aliphatic heterocycles. The molecule has 3 N–H and O–H groups in total. The molecule has 0 aliphatic carbocycles. The molecule has 7 heteroatoms. The zero-order valence-corrected chi connectivity index (χ0v) is 19.2. The van der Waals surface area contributed by atoms with E-state index in [0.717, 1.165) is 33.5 Å². The maximum Gasteiger partial charge on any atom is 0.248 e. The number of nitrogens with one attached hydrogen (secondary N) is 1. The monoisotopic (exact) mass is 462 g/mol. The van der Waals surface area contributed by atoms with E-state index in [1.165, 1.54) is 6.07 Å². The van der Waals surface area contributed by atoms with Crippen LogP contribution in [0.25, 0.3) is 10.9 Å². The van der Waals surface area contributed by atoms with Crippen LogP contribution in [0.3, 0.4) is 0 Å². The molecule has 0 saturated carbocycles. The topological polar surface area (TPSA) is 96.7 Å². The Kier molecular flexibility index (Phi) is 7.67. The predicted molar refractivity (Wildman–Crippen MR) is 132 cm³/mol. The Bertz CT molecular complexity index is 1280. The number of ether oxygens (including phenoxy) is 2. The van der Waals surface area contributed by atoms with Gasteiger partial charge in [-0.2, -0.15) is 0 Å². The van der Waals surface area contributed by atoms with Crippen LogP contribution >= 0.6 is 0 Å². The average molecular weight is 463 g/mol. The minimum atomic E-state index is -0.724. The number of aliphatic hydroxyl groups is 2. The summed E-state index contributed by atoms with van der Waals surface area (Å²) in [4.78, 5) is 14.2. The van der Waals surface area contributed by atoms with Gasteiger partial charge in [-0.05, 0) is 66.9 Å². The van der Waals surface area contributed by atoms with Crippen LogP contribution < -0.4 is 15.0 Å². The number of pyridine rings is 1. The van der Waals surface area contributed by atoms with E-state index in [-0.39, 0.29) is 18.8 Å². The zero-order valence-electron chi connectivity index (χ0n) is 19.2. The molecule has 4 rings (SSSR count). The Morgan fingerprint density at radius 3 is 2.56 bits per heavy atom. The number of nitrogens with zero attached hydrogens (tertiary/aromatic N) is 1. The van der Waals surface area contributed by atoms with Crippen molar-refractivity contribution in [3.63, 3.8) is 0 Å². The van der Waals surface area contributed by atoms with E-state index in [0.29, 0.717) is 31.7 Å². The second kappa shape index (κ2) is 11.0. The van der Waals surface area contributed by atoms with Crippen molar-refractivity contribution in [1.82, 2.24) is 9.55 Å². The molecule has 0 saturated heterocycles. The van der Waals surface area contributed by atoms with Crippen LogP contribution in [0.15, 0.2) is 71.7 Å². The SMILES string of the molecule is CCOc1ccc(Cn2ccc(CCO)c2CC(O)COc2ccc3[nH]c(=O)ccc3c2)cc1. The minimum absolute atomic E-state index is 0.0475. The molecule has 4 aromatic rings. The second-order valence-electron chi connectivity index (χ2n) is 8.21. The summed E-state index contributed by atoms with van der Waals surface area (Å²) in [5.74, 6) is 1.46. The molecule has 2 aromatic carbocycles. The highest BCUT2D eigenvalue weighted by Crippen LogP contribution is 2.21. The van der Waals surface area contributed by atoms with Crippen LogP contribution in [0.5, 0.6) is 11.5 Å². The van der Waals surface area contributed by atoms with E-state index >= 15 is 0 Å². The Balaban J connectivity index is 1.43. The van der Waals surface area contributed by atoms with E-state index in [2.05, 4.69) is 9.55 Å². The molecule has 1 unspecified atom stereocenters. The van der Waals surface area contributed by atoms with E-state index in [1.807, 2.05) is 49.5 Å². The number of benzene rings is 2. The van der Waals surface area contributed by atoms with Gasteiger partial charge < -0.3 is 29.2 Å². The first kappa shape index (κ1) is 23.6. The van der Waals surface area contributed by atoms with E-state index in [1.54, 1.807) is 18.2 Å². The first-order valence-corrected chi connectivity index (χ1v) is 11.5. The van der Waals surface area contributed by atoms with Gasteiger partial charge in [-0.25, -0.2) is 0 Å². The van der Waals surface area contributed by atoms with Gasteiger partial charge in [-0.15, -0.1) is 0 Å². The summed E-state index contributed by atoms with van der Waals surface area (Å²) >= 11 is 0. The summed E-state index contributed by atoms with van der Waals surface area (Å²) in [6, 6.07) is 18.6. The van der Waals surface area contributed by atoms with Gasteiger partial charge in [0.1, 0.15) is 18.1 Å². The third-order valence-electron chi connectivity index (χ3n) is 5.71. The summed E-state index contributed by atoms with van der Waals surface area (Å²) in [7, 11) is 0. The molecule has 178 valence electrons. The Morgan fingerprint density at radius 2 is 1.79 bits per heavy atom. The third kappa shape index (κ3) is 5.87. The molecule has 34 heavy (non-hydrogen) atoms. The highest BCUT2D eigenvalue weighted by molar-refractivity contribution is 5.79. The van der Waals surface area contributed by atoms with Crippen LogP contribution in [-0.2, 0) is 19.4 Å². The number of fused-ring (bicyclic) bond motifs is 1. The molecule has 0 aliphatic rings. The van der Waals surface area contributed by atoms with Crippen LogP contribution in [0.2, 0.25) is 0 Å². The lowest BCUT2D eigenvalue weighted by Gasteiger charge is -2.17. The number of aromatic amines is 1. The van der Waals surface area contributed by atoms with Crippen LogP contribution in [0.4, 0.5) is 0 Å². The largest absolute Gasteiger partial charge is 0.494 e. The first-order valence-electron chi connectivity index (χ1n) is 11.5. The molecule has 2 heterocycles. The highest BCUT2D eigenvalue weighted by Gasteiger charge is 2.15. The van der Waals surface area contributed by atoms with Crippen molar-refractivity contribution in [3.05, 3.63) is 94.0 Å². The molecule has 0 amide bonds. The molecule has 0 radical (unpaired) electrons. The number of H-pyrrole nitrogens is 1. The molecular weight excluding hydrogens is 432 g/mol. The normalized spacial score (nSPS) is 12.1. The number of rotatable bonds is 11. The van der Waals surface area contributed by atoms with Gasteiger partial charge in [-0.1, -0.05) is 12.1 Å². The van der Waals surface area contributed by atoms with Crippen molar-refractivity contribution < 1.29 is 19.7 Å². The maximum absolute atomic E-state index is 11.4. The van der Waals surface area contributed by atoms with Gasteiger partial charge in [0, 0.05) is 48.4 Å². The molecule has 1 atom stereocenters. The summed E-state index contributed by atoms with van der Waals surface area (Å²) in [5, 5.41) is 21.1. The van der Waals surface area contributed by atoms with E-state index in [9.17, 15) is 15.0 Å². The smallest absolute Gasteiger partial charge is 0.248 e. The van der Waals surface area contributed by atoms with Crippen molar-refractivity contribution in [1.29, 1.82) is 0 Å². The number of hydrogen-bond acceptors (Lipinski definition) is 5. The number of aromatic nitrogens is 2. The first-order chi connectivity index (χ1) is 16.6. The van der Waals surface area contributed by atoms with Gasteiger partial charge in [0.15, 0.2) is 0 Å². The van der Waals surface area contributed by atoms with Gasteiger partial charge in [0.2, 0.25) is 5.56 Å². The lowest BCUT2D eigenvalue weighted by atomic mass is 10.1. The highest BCUT2D eigenvalue weighted by atomic mass is 16.5. The molecular formula is C27H30N2O5. The molecule has 2 aromatic heterocycles. The molecule has 0 fully saturated rings. The second-order valence-corrected chi connectivity index (χ2v) is 8.21. The number of aliphatic hydroxyl groups excluding tert-OH is 2. The lowest BCUT2D eigenvalue weighted by Crippen LogP contribution is -2.23. The van der Waals surface area contributed by atoms with Gasteiger partial charge in [0.05, 0.1) is 12.7 Å². The van der Waals surface area contributed by atoms with Crippen LogP contribution in [0, 0.1) is 0 Å². The average Bonchev–Trinajstić information content (AvgIpc) is 3.20. The quantitative estimate of drug-likeness (QED) is 0.318. The van der Waals surface area contributed by atoms with Gasteiger partial charge >= 0.3 is 0 Å². The van der Waals surface area contributed by atoms with Crippen molar-refractivity contribution in [3.8, 4) is 11.5 Å². The molecule has 0 spiro atoms. The Hall–Kier alpha value is -3.55. The van der Waals surface area contributed by atoms with Crippen molar-refractivity contribution in [2.45, 2.75) is 32.4 Å². The fraction of sp³-hybridized carbons (Fsp3) is 0.296.